The Kier molecular flexibility index (Phi) is 4.46. The zero-order valence-corrected chi connectivity index (χ0v) is 9.90. The van der Waals surface area contributed by atoms with Gasteiger partial charge in [0, 0.05) is 19.2 Å². The molecule has 0 saturated heterocycles. The first-order valence-corrected chi connectivity index (χ1v) is 5.19. The first-order valence-electron chi connectivity index (χ1n) is 5.19. The Morgan fingerprint density at radius 2 is 1.94 bits per heavy atom. The van der Waals surface area contributed by atoms with E-state index < -0.39 is 6.10 Å². The summed E-state index contributed by atoms with van der Waals surface area (Å²) >= 11 is 0. The van der Waals surface area contributed by atoms with Gasteiger partial charge in [-0.2, -0.15) is 0 Å². The zero-order chi connectivity index (χ0) is 12.1. The number of anilines is 1. The molecule has 1 rings (SSSR count). The van der Waals surface area contributed by atoms with Crippen molar-refractivity contribution in [1.29, 1.82) is 0 Å². The summed E-state index contributed by atoms with van der Waals surface area (Å²) in [5.74, 6) is -0.0958. The van der Waals surface area contributed by atoms with Crippen LogP contribution in [0.25, 0.3) is 0 Å². The highest BCUT2D eigenvalue weighted by Gasteiger charge is 2.08. The second-order valence-electron chi connectivity index (χ2n) is 4.08. The first-order chi connectivity index (χ1) is 7.49. The predicted molar refractivity (Wildman–Crippen MR) is 64.3 cm³/mol. The average molecular weight is 222 g/mol. The van der Waals surface area contributed by atoms with Crippen LogP contribution in [0.5, 0.6) is 0 Å². The van der Waals surface area contributed by atoms with Crippen LogP contribution in [-0.4, -0.2) is 36.6 Å². The van der Waals surface area contributed by atoms with Crippen LogP contribution in [0.1, 0.15) is 18.6 Å². The lowest BCUT2D eigenvalue weighted by atomic mass is 10.1. The molecule has 0 aliphatic heterocycles. The quantitative estimate of drug-likeness (QED) is 0.806. The summed E-state index contributed by atoms with van der Waals surface area (Å²) in [5, 5.41) is 12.5. The number of hydrogen-bond acceptors (Lipinski definition) is 3. The molecule has 1 amide bonds. The number of rotatable bonds is 4. The molecule has 4 nitrogen and oxygen atoms in total. The number of carbonyl (C=O) groups excluding carboxylic acids is 1. The number of aliphatic hydroxyl groups is 1. The number of aliphatic hydroxyl groups excluding tert-OH is 1. The van der Waals surface area contributed by atoms with E-state index in [0.717, 1.165) is 11.3 Å². The number of amides is 1. The van der Waals surface area contributed by atoms with E-state index >= 15 is 0 Å². The molecule has 0 fully saturated rings. The standard InChI is InChI=1S/C12H18N2O2/c1-9(15)13-11-6-4-10(5-7-11)12(16)8-14(2)3/h4-7,12,16H,8H2,1-3H3,(H,13,15). The molecule has 1 aromatic carbocycles. The summed E-state index contributed by atoms with van der Waals surface area (Å²) < 4.78 is 0. The van der Waals surface area contributed by atoms with Crippen molar-refractivity contribution in [2.24, 2.45) is 0 Å². The minimum absolute atomic E-state index is 0.0958. The minimum atomic E-state index is -0.499. The summed E-state index contributed by atoms with van der Waals surface area (Å²) in [6.07, 6.45) is -0.499. The van der Waals surface area contributed by atoms with Gasteiger partial charge >= 0.3 is 0 Å². The predicted octanol–water partition coefficient (Wildman–Crippen LogP) is 1.24. The van der Waals surface area contributed by atoms with E-state index in [2.05, 4.69) is 5.32 Å². The lowest BCUT2D eigenvalue weighted by molar-refractivity contribution is -0.114. The Labute approximate surface area is 95.9 Å². The third-order valence-electron chi connectivity index (χ3n) is 2.15. The molecule has 4 heteroatoms. The van der Waals surface area contributed by atoms with Gasteiger partial charge in [0.15, 0.2) is 0 Å². The normalized spacial score (nSPS) is 12.6. The van der Waals surface area contributed by atoms with Crippen LogP contribution >= 0.6 is 0 Å². The molecule has 88 valence electrons. The van der Waals surface area contributed by atoms with E-state index in [0.29, 0.717) is 6.54 Å². The molecule has 0 heterocycles. The number of benzene rings is 1. The minimum Gasteiger partial charge on any atom is -0.387 e. The molecule has 1 aromatic rings. The Morgan fingerprint density at radius 1 is 1.38 bits per heavy atom. The van der Waals surface area contributed by atoms with E-state index in [4.69, 9.17) is 0 Å². The Balaban J connectivity index is 2.66. The molecular formula is C12H18N2O2. The highest BCUT2D eigenvalue weighted by atomic mass is 16.3. The van der Waals surface area contributed by atoms with Gasteiger partial charge < -0.3 is 15.3 Å². The fourth-order valence-corrected chi connectivity index (χ4v) is 1.44. The summed E-state index contributed by atoms with van der Waals surface area (Å²) in [6, 6.07) is 7.21. The van der Waals surface area contributed by atoms with Gasteiger partial charge in [-0.25, -0.2) is 0 Å². The number of nitrogens with one attached hydrogen (secondary N) is 1. The summed E-state index contributed by atoms with van der Waals surface area (Å²) in [6.45, 7) is 2.05. The van der Waals surface area contributed by atoms with Crippen molar-refractivity contribution in [3.05, 3.63) is 29.8 Å². The fourth-order valence-electron chi connectivity index (χ4n) is 1.44. The van der Waals surface area contributed by atoms with E-state index in [1.54, 1.807) is 12.1 Å². The van der Waals surface area contributed by atoms with Crippen LogP contribution in [0.3, 0.4) is 0 Å². The number of nitrogens with zero attached hydrogens (tertiary/aromatic N) is 1. The third kappa shape index (κ3) is 4.00. The van der Waals surface area contributed by atoms with Gasteiger partial charge in [0.25, 0.3) is 0 Å². The number of carbonyl (C=O) groups is 1. The summed E-state index contributed by atoms with van der Waals surface area (Å²) in [7, 11) is 3.82. The van der Waals surface area contributed by atoms with Crippen LogP contribution in [0.2, 0.25) is 0 Å². The topological polar surface area (TPSA) is 52.6 Å². The molecule has 0 radical (unpaired) electrons. The van der Waals surface area contributed by atoms with Gasteiger partial charge in [0.2, 0.25) is 5.91 Å². The molecule has 16 heavy (non-hydrogen) atoms. The molecule has 0 aromatic heterocycles. The van der Waals surface area contributed by atoms with E-state index in [-0.39, 0.29) is 5.91 Å². The average Bonchev–Trinajstić information content (AvgIpc) is 2.16. The monoisotopic (exact) mass is 222 g/mol. The van der Waals surface area contributed by atoms with Crippen LogP contribution in [-0.2, 0) is 4.79 Å². The van der Waals surface area contributed by atoms with E-state index in [1.165, 1.54) is 6.92 Å². The molecule has 0 spiro atoms. The highest BCUT2D eigenvalue weighted by molar-refractivity contribution is 5.88. The Morgan fingerprint density at radius 3 is 2.38 bits per heavy atom. The van der Waals surface area contributed by atoms with Crippen LogP contribution in [0, 0.1) is 0 Å². The van der Waals surface area contributed by atoms with Crippen molar-refractivity contribution in [1.82, 2.24) is 4.90 Å². The van der Waals surface area contributed by atoms with Crippen LogP contribution in [0.4, 0.5) is 5.69 Å². The fraction of sp³-hybridized carbons (Fsp3) is 0.417. The van der Waals surface area contributed by atoms with E-state index in [9.17, 15) is 9.90 Å². The second-order valence-corrected chi connectivity index (χ2v) is 4.08. The molecule has 0 bridgehead atoms. The van der Waals surface area contributed by atoms with E-state index in [1.807, 2.05) is 31.1 Å². The van der Waals surface area contributed by atoms with Crippen molar-refractivity contribution in [3.8, 4) is 0 Å². The SMILES string of the molecule is CC(=O)Nc1ccc(C(O)CN(C)C)cc1. The number of likely N-dealkylation sites (N-methyl/N-ethyl adjacent to an activating group) is 1. The Bertz CT molecular complexity index is 347. The third-order valence-corrected chi connectivity index (χ3v) is 2.15. The van der Waals surface area contributed by atoms with Crippen molar-refractivity contribution < 1.29 is 9.90 Å². The van der Waals surface area contributed by atoms with Gasteiger partial charge in [0.1, 0.15) is 0 Å². The van der Waals surface area contributed by atoms with Gasteiger partial charge in [-0.05, 0) is 31.8 Å². The van der Waals surface area contributed by atoms with Gasteiger partial charge in [-0.15, -0.1) is 0 Å². The van der Waals surface area contributed by atoms with Crippen molar-refractivity contribution in [2.45, 2.75) is 13.0 Å². The smallest absolute Gasteiger partial charge is 0.221 e. The summed E-state index contributed by atoms with van der Waals surface area (Å²) in [4.78, 5) is 12.7. The zero-order valence-electron chi connectivity index (χ0n) is 9.90. The molecular weight excluding hydrogens is 204 g/mol. The van der Waals surface area contributed by atoms with Gasteiger partial charge in [-0.1, -0.05) is 12.1 Å². The largest absolute Gasteiger partial charge is 0.387 e. The highest BCUT2D eigenvalue weighted by Crippen LogP contribution is 2.16. The second kappa shape index (κ2) is 5.63. The molecule has 1 atom stereocenters. The van der Waals surface area contributed by atoms with Gasteiger partial charge in [-0.3, -0.25) is 4.79 Å². The van der Waals surface area contributed by atoms with Crippen LogP contribution < -0.4 is 5.32 Å². The maximum absolute atomic E-state index is 10.8. The lowest BCUT2D eigenvalue weighted by Gasteiger charge is -2.16. The van der Waals surface area contributed by atoms with Crippen LogP contribution in [0.15, 0.2) is 24.3 Å². The molecule has 1 unspecified atom stereocenters. The molecule has 0 aliphatic carbocycles. The Hall–Kier alpha value is -1.39. The van der Waals surface area contributed by atoms with Crippen molar-refractivity contribution in [3.63, 3.8) is 0 Å². The maximum atomic E-state index is 10.8. The molecule has 0 saturated carbocycles. The summed E-state index contributed by atoms with van der Waals surface area (Å²) in [5.41, 5.74) is 1.59. The van der Waals surface area contributed by atoms with Crippen molar-refractivity contribution >= 4 is 11.6 Å². The van der Waals surface area contributed by atoms with Crippen molar-refractivity contribution in [2.75, 3.05) is 26.0 Å². The first kappa shape index (κ1) is 12.7. The number of hydrogen-bond donors (Lipinski definition) is 2. The maximum Gasteiger partial charge on any atom is 0.221 e. The lowest BCUT2D eigenvalue weighted by Crippen LogP contribution is -2.20. The van der Waals surface area contributed by atoms with Gasteiger partial charge in [0.05, 0.1) is 6.10 Å². The molecule has 0 aliphatic rings. The molecule has 2 N–H and O–H groups in total.